The molecule has 1 aromatic rings. The number of hydrogen-bond donors (Lipinski definition) is 2. The van der Waals surface area contributed by atoms with E-state index in [1.807, 2.05) is 25.1 Å². The van der Waals surface area contributed by atoms with E-state index in [0.717, 1.165) is 14.8 Å². The molecule has 0 aliphatic carbocycles. The van der Waals surface area contributed by atoms with E-state index in [1.165, 1.54) is 0 Å². The number of aryl methyl sites for hydroxylation is 1. The molecule has 0 unspecified atom stereocenters. The first-order chi connectivity index (χ1) is 8.13. The van der Waals surface area contributed by atoms with Crippen molar-refractivity contribution in [1.82, 2.24) is 5.32 Å². The molecular formula is C12H17IN2O2. The summed E-state index contributed by atoms with van der Waals surface area (Å²) in [5, 5.41) is 5.88. The van der Waals surface area contributed by atoms with Crippen LogP contribution in [0.15, 0.2) is 18.2 Å². The van der Waals surface area contributed by atoms with Crippen molar-refractivity contribution in [1.29, 1.82) is 0 Å². The molecule has 1 amide bonds. The molecule has 0 heterocycles. The number of anilines is 1. The Morgan fingerprint density at radius 2 is 2.24 bits per heavy atom. The Labute approximate surface area is 115 Å². The Hall–Kier alpha value is -0.660. The molecule has 0 atom stereocenters. The van der Waals surface area contributed by atoms with Gasteiger partial charge in [0.15, 0.2) is 0 Å². The second-order valence-electron chi connectivity index (χ2n) is 3.68. The number of carbonyl (C=O) groups is 1. The minimum Gasteiger partial charge on any atom is -0.383 e. The normalized spacial score (nSPS) is 10.3. The fourth-order valence-corrected chi connectivity index (χ4v) is 1.79. The number of rotatable bonds is 6. The highest BCUT2D eigenvalue weighted by Gasteiger charge is 2.04. The third kappa shape index (κ3) is 5.47. The predicted molar refractivity (Wildman–Crippen MR) is 77.3 cm³/mol. The third-order valence-corrected chi connectivity index (χ3v) is 2.91. The van der Waals surface area contributed by atoms with Crippen molar-refractivity contribution in [2.24, 2.45) is 0 Å². The van der Waals surface area contributed by atoms with Crippen molar-refractivity contribution in [2.45, 2.75) is 6.92 Å². The van der Waals surface area contributed by atoms with Crippen molar-refractivity contribution in [3.05, 3.63) is 27.3 Å². The summed E-state index contributed by atoms with van der Waals surface area (Å²) in [6.45, 7) is 3.56. The first-order valence-electron chi connectivity index (χ1n) is 5.39. The highest BCUT2D eigenvalue weighted by Crippen LogP contribution is 2.17. The zero-order valence-electron chi connectivity index (χ0n) is 10.0. The Morgan fingerprint density at radius 3 is 2.94 bits per heavy atom. The van der Waals surface area contributed by atoms with Crippen LogP contribution < -0.4 is 10.6 Å². The lowest BCUT2D eigenvalue weighted by atomic mass is 10.2. The molecule has 0 aliphatic rings. The summed E-state index contributed by atoms with van der Waals surface area (Å²) >= 11 is 2.23. The molecule has 0 fully saturated rings. The van der Waals surface area contributed by atoms with Crippen molar-refractivity contribution in [3.63, 3.8) is 0 Å². The number of carbonyl (C=O) groups excluding carboxylic acids is 1. The average molecular weight is 348 g/mol. The van der Waals surface area contributed by atoms with Crippen molar-refractivity contribution < 1.29 is 9.53 Å². The van der Waals surface area contributed by atoms with E-state index in [0.29, 0.717) is 19.7 Å². The van der Waals surface area contributed by atoms with Crippen LogP contribution >= 0.6 is 22.6 Å². The SMILES string of the molecule is COCCNCC(=O)Nc1cc(I)ccc1C. The van der Waals surface area contributed by atoms with E-state index in [4.69, 9.17) is 4.74 Å². The molecule has 4 nitrogen and oxygen atoms in total. The molecule has 2 N–H and O–H groups in total. The Balaban J connectivity index is 2.42. The summed E-state index contributed by atoms with van der Waals surface area (Å²) in [5.74, 6) is -0.0359. The minimum absolute atomic E-state index is 0.0359. The van der Waals surface area contributed by atoms with Gasteiger partial charge >= 0.3 is 0 Å². The van der Waals surface area contributed by atoms with Crippen LogP contribution in [0, 0.1) is 10.5 Å². The molecule has 0 saturated carbocycles. The monoisotopic (exact) mass is 348 g/mol. The third-order valence-electron chi connectivity index (χ3n) is 2.24. The quantitative estimate of drug-likeness (QED) is 0.609. The largest absolute Gasteiger partial charge is 0.383 e. The first-order valence-corrected chi connectivity index (χ1v) is 6.47. The van der Waals surface area contributed by atoms with Gasteiger partial charge in [-0.15, -0.1) is 0 Å². The maximum absolute atomic E-state index is 11.6. The van der Waals surface area contributed by atoms with Crippen LogP contribution in [-0.2, 0) is 9.53 Å². The maximum Gasteiger partial charge on any atom is 0.238 e. The van der Waals surface area contributed by atoms with Gasteiger partial charge in [0.25, 0.3) is 0 Å². The van der Waals surface area contributed by atoms with Gasteiger partial charge in [0.05, 0.1) is 13.2 Å². The summed E-state index contributed by atoms with van der Waals surface area (Å²) < 4.78 is 5.99. The number of amides is 1. The predicted octanol–water partition coefficient (Wildman–Crippen LogP) is 1.77. The summed E-state index contributed by atoms with van der Waals surface area (Å²) in [6, 6.07) is 5.97. The molecule has 1 aromatic carbocycles. The van der Waals surface area contributed by atoms with Crippen LogP contribution in [0.4, 0.5) is 5.69 Å². The van der Waals surface area contributed by atoms with Gasteiger partial charge in [0.2, 0.25) is 5.91 Å². The Morgan fingerprint density at radius 1 is 1.47 bits per heavy atom. The molecule has 17 heavy (non-hydrogen) atoms. The van der Waals surface area contributed by atoms with Gasteiger partial charge in [-0.3, -0.25) is 4.79 Å². The average Bonchev–Trinajstić information content (AvgIpc) is 2.29. The van der Waals surface area contributed by atoms with Crippen LogP contribution in [0.25, 0.3) is 0 Å². The highest BCUT2D eigenvalue weighted by atomic mass is 127. The molecule has 0 aromatic heterocycles. The molecule has 0 bridgehead atoms. The fraction of sp³-hybridized carbons (Fsp3) is 0.417. The molecule has 0 aliphatic heterocycles. The van der Waals surface area contributed by atoms with Gasteiger partial charge in [0, 0.05) is 22.9 Å². The molecule has 0 radical (unpaired) electrons. The Bertz CT molecular complexity index is 383. The molecule has 5 heteroatoms. The van der Waals surface area contributed by atoms with Gasteiger partial charge in [-0.25, -0.2) is 0 Å². The summed E-state index contributed by atoms with van der Waals surface area (Å²) in [4.78, 5) is 11.6. The molecule has 0 saturated heterocycles. The Kier molecular flexibility index (Phi) is 6.46. The first kappa shape index (κ1) is 14.4. The van der Waals surface area contributed by atoms with Gasteiger partial charge < -0.3 is 15.4 Å². The molecular weight excluding hydrogens is 331 g/mol. The lowest BCUT2D eigenvalue weighted by molar-refractivity contribution is -0.115. The van der Waals surface area contributed by atoms with E-state index < -0.39 is 0 Å². The summed E-state index contributed by atoms with van der Waals surface area (Å²) in [7, 11) is 1.64. The van der Waals surface area contributed by atoms with E-state index in [1.54, 1.807) is 7.11 Å². The minimum atomic E-state index is -0.0359. The van der Waals surface area contributed by atoms with Crippen LogP contribution in [0.3, 0.4) is 0 Å². The second-order valence-corrected chi connectivity index (χ2v) is 4.92. The zero-order valence-corrected chi connectivity index (χ0v) is 12.2. The van der Waals surface area contributed by atoms with E-state index in [-0.39, 0.29) is 5.91 Å². The number of halogens is 1. The standard InChI is InChI=1S/C12H17IN2O2/c1-9-3-4-10(13)7-11(9)15-12(16)8-14-5-6-17-2/h3-4,7,14H,5-6,8H2,1-2H3,(H,15,16). The number of nitrogens with one attached hydrogen (secondary N) is 2. The second kappa shape index (κ2) is 7.62. The van der Waals surface area contributed by atoms with Gasteiger partial charge in [-0.1, -0.05) is 6.07 Å². The smallest absolute Gasteiger partial charge is 0.238 e. The highest BCUT2D eigenvalue weighted by molar-refractivity contribution is 14.1. The molecule has 0 spiro atoms. The number of hydrogen-bond acceptors (Lipinski definition) is 3. The fourth-order valence-electron chi connectivity index (χ4n) is 1.30. The van der Waals surface area contributed by atoms with Crippen molar-refractivity contribution >= 4 is 34.2 Å². The maximum atomic E-state index is 11.6. The number of ether oxygens (including phenoxy) is 1. The van der Waals surface area contributed by atoms with Crippen LogP contribution in [0.5, 0.6) is 0 Å². The number of methoxy groups -OCH3 is 1. The number of benzene rings is 1. The van der Waals surface area contributed by atoms with Gasteiger partial charge in [-0.05, 0) is 47.2 Å². The van der Waals surface area contributed by atoms with Crippen LogP contribution in [0.2, 0.25) is 0 Å². The lowest BCUT2D eigenvalue weighted by Crippen LogP contribution is -2.30. The van der Waals surface area contributed by atoms with Crippen molar-refractivity contribution in [3.8, 4) is 0 Å². The van der Waals surface area contributed by atoms with Crippen LogP contribution in [0.1, 0.15) is 5.56 Å². The topological polar surface area (TPSA) is 50.4 Å². The van der Waals surface area contributed by atoms with E-state index in [2.05, 4.69) is 33.2 Å². The van der Waals surface area contributed by atoms with Gasteiger partial charge in [0.1, 0.15) is 0 Å². The van der Waals surface area contributed by atoms with E-state index in [9.17, 15) is 4.79 Å². The van der Waals surface area contributed by atoms with E-state index >= 15 is 0 Å². The lowest BCUT2D eigenvalue weighted by Gasteiger charge is -2.09. The van der Waals surface area contributed by atoms with Crippen LogP contribution in [-0.4, -0.2) is 32.7 Å². The van der Waals surface area contributed by atoms with Crippen molar-refractivity contribution in [2.75, 3.05) is 32.1 Å². The summed E-state index contributed by atoms with van der Waals surface area (Å²) in [5.41, 5.74) is 1.94. The molecule has 94 valence electrons. The summed E-state index contributed by atoms with van der Waals surface area (Å²) in [6.07, 6.45) is 0. The zero-order chi connectivity index (χ0) is 12.7. The van der Waals surface area contributed by atoms with Gasteiger partial charge in [-0.2, -0.15) is 0 Å². The molecule has 1 rings (SSSR count).